The first kappa shape index (κ1) is 17.6. The van der Waals surface area contributed by atoms with Crippen molar-refractivity contribution in [2.45, 2.75) is 25.7 Å². The molecule has 0 fully saturated rings. The molecular weight excluding hydrogens is 283 g/mol. The predicted molar refractivity (Wildman–Crippen MR) is 68.4 cm³/mol. The van der Waals surface area contributed by atoms with E-state index in [9.17, 15) is 18.3 Å². The lowest BCUT2D eigenvalue weighted by Crippen LogP contribution is -2.18. The van der Waals surface area contributed by atoms with Crippen molar-refractivity contribution in [3.05, 3.63) is 35.9 Å². The minimum atomic E-state index is -4.77. The molecule has 0 heterocycles. The first-order valence-corrected chi connectivity index (χ1v) is 5.17. The Balaban J connectivity index is 0.00000324. The molecule has 0 radical (unpaired) electrons. The van der Waals surface area contributed by atoms with Gasteiger partial charge in [-0.05, 0) is 31.5 Å². The Hall–Kier alpha value is -1.40. The number of nitrogens with two attached hydrogens (primary N) is 1. The van der Waals surface area contributed by atoms with Gasteiger partial charge < -0.3 is 15.6 Å². The van der Waals surface area contributed by atoms with Crippen molar-refractivity contribution in [2.75, 3.05) is 0 Å². The molecule has 0 amide bonds. The Labute approximate surface area is 115 Å². The molecule has 0 bridgehead atoms. The highest BCUT2D eigenvalue weighted by molar-refractivity contribution is 5.85. The molecule has 0 aromatic heterocycles. The average Bonchev–Trinajstić information content (AvgIpc) is 2.17. The van der Waals surface area contributed by atoms with E-state index >= 15 is 0 Å². The van der Waals surface area contributed by atoms with E-state index in [4.69, 9.17) is 5.73 Å². The maximum atomic E-state index is 12.1. The lowest BCUT2D eigenvalue weighted by atomic mass is 10.00. The van der Waals surface area contributed by atoms with Crippen LogP contribution in [0.2, 0.25) is 0 Å². The van der Waals surface area contributed by atoms with Gasteiger partial charge in [-0.2, -0.15) is 0 Å². The molecule has 7 heteroatoms. The zero-order valence-corrected chi connectivity index (χ0v) is 11.0. The molecule has 0 saturated carbocycles. The molecule has 1 aromatic carbocycles. The summed E-state index contributed by atoms with van der Waals surface area (Å²) in [6.07, 6.45) is -4.41. The SMILES string of the molecule is C=C(C)C[C@@H](N)c1cc(OC(F)(F)F)ccc1O.Cl. The fourth-order valence-electron chi connectivity index (χ4n) is 1.51. The fourth-order valence-corrected chi connectivity index (χ4v) is 1.51. The van der Waals surface area contributed by atoms with Gasteiger partial charge in [0.25, 0.3) is 0 Å². The molecule has 1 rings (SSSR count). The number of rotatable bonds is 4. The highest BCUT2D eigenvalue weighted by atomic mass is 35.5. The third-order valence-corrected chi connectivity index (χ3v) is 2.20. The molecule has 19 heavy (non-hydrogen) atoms. The summed E-state index contributed by atoms with van der Waals surface area (Å²) in [5.74, 6) is -0.578. The molecule has 1 aromatic rings. The van der Waals surface area contributed by atoms with Crippen LogP contribution in [-0.2, 0) is 0 Å². The third-order valence-electron chi connectivity index (χ3n) is 2.20. The van der Waals surface area contributed by atoms with Crippen molar-refractivity contribution in [3.63, 3.8) is 0 Å². The van der Waals surface area contributed by atoms with E-state index in [1.807, 2.05) is 0 Å². The van der Waals surface area contributed by atoms with Gasteiger partial charge in [0.05, 0.1) is 0 Å². The van der Waals surface area contributed by atoms with Crippen LogP contribution in [0.3, 0.4) is 0 Å². The van der Waals surface area contributed by atoms with Gasteiger partial charge in [-0.3, -0.25) is 0 Å². The van der Waals surface area contributed by atoms with E-state index in [0.29, 0.717) is 6.42 Å². The number of hydrogen-bond donors (Lipinski definition) is 2. The van der Waals surface area contributed by atoms with Crippen LogP contribution < -0.4 is 10.5 Å². The van der Waals surface area contributed by atoms with Crippen molar-refractivity contribution in [3.8, 4) is 11.5 Å². The molecule has 3 nitrogen and oxygen atoms in total. The highest BCUT2D eigenvalue weighted by Crippen LogP contribution is 2.32. The lowest BCUT2D eigenvalue weighted by molar-refractivity contribution is -0.274. The van der Waals surface area contributed by atoms with Crippen LogP contribution in [0.15, 0.2) is 30.4 Å². The van der Waals surface area contributed by atoms with E-state index in [2.05, 4.69) is 11.3 Å². The number of ether oxygens (including phenoxy) is 1. The van der Waals surface area contributed by atoms with Crippen molar-refractivity contribution >= 4 is 12.4 Å². The molecule has 0 spiro atoms. The van der Waals surface area contributed by atoms with E-state index < -0.39 is 18.2 Å². The maximum absolute atomic E-state index is 12.1. The van der Waals surface area contributed by atoms with Gasteiger partial charge >= 0.3 is 6.36 Å². The number of alkyl halides is 3. The second-order valence-corrected chi connectivity index (χ2v) is 4.04. The van der Waals surface area contributed by atoms with E-state index in [-0.39, 0.29) is 23.7 Å². The number of hydrogen-bond acceptors (Lipinski definition) is 3. The van der Waals surface area contributed by atoms with E-state index in [1.165, 1.54) is 0 Å². The van der Waals surface area contributed by atoms with Gasteiger partial charge in [0.15, 0.2) is 0 Å². The quantitative estimate of drug-likeness (QED) is 0.834. The van der Waals surface area contributed by atoms with Gasteiger partial charge in [0, 0.05) is 11.6 Å². The number of aromatic hydroxyl groups is 1. The summed E-state index contributed by atoms with van der Waals surface area (Å²) < 4.78 is 39.9. The van der Waals surface area contributed by atoms with Crippen molar-refractivity contribution in [1.82, 2.24) is 0 Å². The second-order valence-electron chi connectivity index (χ2n) is 4.04. The summed E-state index contributed by atoms with van der Waals surface area (Å²) in [5.41, 5.74) is 6.73. The van der Waals surface area contributed by atoms with E-state index in [1.54, 1.807) is 6.92 Å². The number of halogens is 4. The molecule has 0 aliphatic heterocycles. The normalized spacial score (nSPS) is 12.5. The zero-order chi connectivity index (χ0) is 13.9. The van der Waals surface area contributed by atoms with Crippen LogP contribution in [-0.4, -0.2) is 11.5 Å². The average molecular weight is 298 g/mol. The molecule has 0 aliphatic carbocycles. The first-order chi connectivity index (χ1) is 8.19. The molecule has 0 unspecified atom stereocenters. The van der Waals surface area contributed by atoms with Crippen molar-refractivity contribution in [1.29, 1.82) is 0 Å². The first-order valence-electron chi connectivity index (χ1n) is 5.17. The zero-order valence-electron chi connectivity index (χ0n) is 10.2. The maximum Gasteiger partial charge on any atom is 0.573 e. The molecule has 3 N–H and O–H groups in total. The van der Waals surface area contributed by atoms with Crippen molar-refractivity contribution < 1.29 is 23.0 Å². The second kappa shape index (κ2) is 6.68. The van der Waals surface area contributed by atoms with Crippen LogP contribution in [0.1, 0.15) is 24.9 Å². The number of phenols is 1. The summed E-state index contributed by atoms with van der Waals surface area (Å²) in [5, 5.41) is 9.57. The van der Waals surface area contributed by atoms with Crippen LogP contribution in [0, 0.1) is 0 Å². The van der Waals surface area contributed by atoms with Gasteiger partial charge in [-0.25, -0.2) is 0 Å². The van der Waals surface area contributed by atoms with Crippen molar-refractivity contribution in [2.24, 2.45) is 5.73 Å². The predicted octanol–water partition coefficient (Wildman–Crippen LogP) is 3.68. The third kappa shape index (κ3) is 5.85. The Bertz CT molecular complexity index is 449. The highest BCUT2D eigenvalue weighted by Gasteiger charge is 2.31. The summed E-state index contributed by atoms with van der Waals surface area (Å²) in [6.45, 7) is 5.40. The minimum Gasteiger partial charge on any atom is -0.508 e. The molecule has 0 aliphatic rings. The van der Waals surface area contributed by atoms with Gasteiger partial charge in [-0.15, -0.1) is 32.2 Å². The Morgan fingerprint density at radius 3 is 2.53 bits per heavy atom. The Morgan fingerprint density at radius 1 is 1.47 bits per heavy atom. The smallest absolute Gasteiger partial charge is 0.508 e. The molecule has 108 valence electrons. The van der Waals surface area contributed by atoms with E-state index in [0.717, 1.165) is 23.8 Å². The topological polar surface area (TPSA) is 55.5 Å². The fraction of sp³-hybridized carbons (Fsp3) is 0.333. The standard InChI is InChI=1S/C12H14F3NO2.ClH/c1-7(2)5-10(16)9-6-8(3-4-11(9)17)18-12(13,14)15;/h3-4,6,10,17H,1,5,16H2,2H3;1H/t10-;/m1./s1. The summed E-state index contributed by atoms with van der Waals surface area (Å²) in [7, 11) is 0. The van der Waals surface area contributed by atoms with Gasteiger partial charge in [-0.1, -0.05) is 5.57 Å². The van der Waals surface area contributed by atoms with Gasteiger partial charge in [0.2, 0.25) is 0 Å². The minimum absolute atomic E-state index is 0. The number of phenolic OH excluding ortho intramolecular Hbond substituents is 1. The van der Waals surface area contributed by atoms with Crippen LogP contribution in [0.25, 0.3) is 0 Å². The lowest BCUT2D eigenvalue weighted by Gasteiger charge is -2.16. The van der Waals surface area contributed by atoms with Gasteiger partial charge in [0.1, 0.15) is 11.5 Å². The largest absolute Gasteiger partial charge is 0.573 e. The summed E-state index contributed by atoms with van der Waals surface area (Å²) >= 11 is 0. The van der Waals surface area contributed by atoms with Crippen LogP contribution in [0.5, 0.6) is 11.5 Å². The monoisotopic (exact) mass is 297 g/mol. The van der Waals surface area contributed by atoms with Crippen LogP contribution in [0.4, 0.5) is 13.2 Å². The number of benzene rings is 1. The Morgan fingerprint density at radius 2 is 2.05 bits per heavy atom. The molecular formula is C12H15ClF3NO2. The molecule has 0 saturated heterocycles. The summed E-state index contributed by atoms with van der Waals surface area (Å²) in [4.78, 5) is 0. The van der Waals surface area contributed by atoms with Crippen LogP contribution >= 0.6 is 12.4 Å². The Kier molecular flexibility index (Phi) is 6.18. The summed E-state index contributed by atoms with van der Waals surface area (Å²) in [6, 6.07) is 2.60. The molecule has 1 atom stereocenters.